The third-order valence-electron chi connectivity index (χ3n) is 5.58. The van der Waals surface area contributed by atoms with Crippen molar-refractivity contribution in [1.82, 2.24) is 14.9 Å². The van der Waals surface area contributed by atoms with Crippen molar-refractivity contribution < 1.29 is 41.1 Å². The maximum atomic E-state index is 13.3. The van der Waals surface area contributed by atoms with Crippen molar-refractivity contribution in [3.05, 3.63) is 92.9 Å². The third kappa shape index (κ3) is 6.32. The van der Waals surface area contributed by atoms with Crippen LogP contribution in [-0.2, 0) is 22.6 Å². The lowest BCUT2D eigenvalue weighted by Crippen LogP contribution is -2.43. The molecule has 0 aliphatic carbocycles. The Morgan fingerprint density at radius 3 is 2.21 bits per heavy atom. The summed E-state index contributed by atoms with van der Waals surface area (Å²) in [5, 5.41) is 11.3. The summed E-state index contributed by atoms with van der Waals surface area (Å²) in [5.74, 6) is 2.89. The Hall–Kier alpha value is -4.50. The molecule has 3 aromatic rings. The van der Waals surface area contributed by atoms with E-state index in [0.29, 0.717) is 16.2 Å². The minimum absolute atomic E-state index is 0.0352. The van der Waals surface area contributed by atoms with Crippen LogP contribution in [0.1, 0.15) is 37.5 Å². The molecule has 4 N–H and O–H groups in total. The van der Waals surface area contributed by atoms with Gasteiger partial charge < -0.3 is 10.4 Å². The first kappa shape index (κ1) is 29.1. The molecule has 3 rings (SSSR count). The van der Waals surface area contributed by atoms with Crippen LogP contribution in [-0.4, -0.2) is 47.3 Å². The summed E-state index contributed by atoms with van der Waals surface area (Å²) in [5.41, 5.74) is -3.59. The van der Waals surface area contributed by atoms with Gasteiger partial charge in [-0.2, -0.15) is 18.2 Å². The molecule has 0 saturated heterocycles. The van der Waals surface area contributed by atoms with Crippen LogP contribution in [0.25, 0.3) is 5.69 Å². The van der Waals surface area contributed by atoms with Crippen molar-refractivity contribution in [2.75, 3.05) is 6.26 Å². The normalized spacial score (nSPS) is 11.6. The highest BCUT2D eigenvalue weighted by Crippen LogP contribution is 2.30. The summed E-state index contributed by atoms with van der Waals surface area (Å²) in [4.78, 5) is 50.3. The van der Waals surface area contributed by atoms with E-state index in [-0.39, 0.29) is 27.8 Å². The van der Waals surface area contributed by atoms with E-state index in [1.54, 1.807) is 0 Å². The lowest BCUT2D eigenvalue weighted by atomic mass is 10.1. The van der Waals surface area contributed by atoms with E-state index in [9.17, 15) is 40.8 Å². The van der Waals surface area contributed by atoms with Crippen LogP contribution in [0.2, 0.25) is 0 Å². The zero-order valence-electron chi connectivity index (χ0n) is 20.3. The Bertz CT molecular complexity index is 1630. The molecule has 2 aromatic carbocycles. The quantitative estimate of drug-likeness (QED) is 0.232. The van der Waals surface area contributed by atoms with E-state index in [4.69, 9.17) is 10.9 Å². The minimum atomic E-state index is -4.77. The number of hydrogen-bond acceptors (Lipinski definition) is 7. The molecule has 0 fully saturated rings. The Balaban J connectivity index is 2.11. The first-order valence-electron chi connectivity index (χ1n) is 10.9. The number of halogens is 3. The van der Waals surface area contributed by atoms with Gasteiger partial charge in [0.05, 0.1) is 16.0 Å². The lowest BCUT2D eigenvalue weighted by Gasteiger charge is -2.19. The van der Waals surface area contributed by atoms with Crippen LogP contribution in [0.5, 0.6) is 0 Å². The van der Waals surface area contributed by atoms with E-state index in [1.807, 2.05) is 0 Å². The molecule has 0 spiro atoms. The van der Waals surface area contributed by atoms with Crippen LogP contribution in [0.3, 0.4) is 0 Å². The molecule has 15 heteroatoms. The zero-order chi connectivity index (χ0) is 29.3. The molecule has 0 bridgehead atoms. The number of rotatable bonds is 6. The highest BCUT2D eigenvalue weighted by molar-refractivity contribution is 7.90. The predicted molar refractivity (Wildman–Crippen MR) is 131 cm³/mol. The van der Waals surface area contributed by atoms with Crippen molar-refractivity contribution >= 4 is 27.7 Å². The number of alkyl halides is 3. The number of hydrogen-bond donors (Lipinski definition) is 3. The number of sulfone groups is 1. The first-order valence-corrected chi connectivity index (χ1v) is 12.7. The monoisotopic (exact) mass is 566 g/mol. The summed E-state index contributed by atoms with van der Waals surface area (Å²) >= 11 is 0. The summed E-state index contributed by atoms with van der Waals surface area (Å²) in [6, 6.07) is 9.80. The number of aromatic nitrogens is 1. The standard InChI is InChI=1S/C24H21F3N4O7S/c1-13-18(22(34)31(28)23(35)36)11-19(20(32)29-12-14-6-8-17(9-7-14)39(2,37)38)21(33)30(13)16-5-3-4-15(10-16)24(25,26)27/h3-11H,12,28H2,1-2H3,(H,29,32)(H,35,36). The molecule has 0 unspecified atom stereocenters. The van der Waals surface area contributed by atoms with Gasteiger partial charge in [-0.1, -0.05) is 18.2 Å². The number of nitrogens with two attached hydrogens (primary N) is 1. The number of hydrazine groups is 1. The van der Waals surface area contributed by atoms with Gasteiger partial charge in [0.2, 0.25) is 0 Å². The average Bonchev–Trinajstić information content (AvgIpc) is 2.86. The largest absolute Gasteiger partial charge is 0.464 e. The molecule has 0 saturated carbocycles. The molecule has 3 amide bonds. The van der Waals surface area contributed by atoms with Gasteiger partial charge in [0, 0.05) is 24.2 Å². The van der Waals surface area contributed by atoms with E-state index in [0.717, 1.165) is 30.5 Å². The Labute approximate surface area is 219 Å². The maximum absolute atomic E-state index is 13.3. The van der Waals surface area contributed by atoms with Crippen molar-refractivity contribution in [2.45, 2.75) is 24.5 Å². The SMILES string of the molecule is Cc1c(C(=O)N(N)C(=O)O)cc(C(=O)NCc2ccc(S(C)(=O)=O)cc2)c(=O)n1-c1cccc(C(F)(F)F)c1. The van der Waals surface area contributed by atoms with Crippen LogP contribution in [0.15, 0.2) is 64.3 Å². The topological polar surface area (TPSA) is 169 Å². The number of benzene rings is 2. The Morgan fingerprint density at radius 2 is 1.67 bits per heavy atom. The molecule has 1 aromatic heterocycles. The summed E-state index contributed by atoms with van der Waals surface area (Å²) in [6.45, 7) is 0.983. The molecular weight excluding hydrogens is 545 g/mol. The van der Waals surface area contributed by atoms with Crippen LogP contribution in [0, 0.1) is 6.92 Å². The number of nitrogens with one attached hydrogen (secondary N) is 1. The maximum Gasteiger partial charge on any atom is 0.429 e. The third-order valence-corrected chi connectivity index (χ3v) is 6.71. The van der Waals surface area contributed by atoms with Gasteiger partial charge in [-0.05, 0) is 48.9 Å². The molecule has 206 valence electrons. The van der Waals surface area contributed by atoms with Gasteiger partial charge >= 0.3 is 12.3 Å². The molecule has 0 radical (unpaired) electrons. The van der Waals surface area contributed by atoms with Gasteiger partial charge in [-0.25, -0.2) is 19.1 Å². The second kappa shape index (κ2) is 10.7. The van der Waals surface area contributed by atoms with Crippen molar-refractivity contribution in [2.24, 2.45) is 5.84 Å². The first-order chi connectivity index (χ1) is 18.0. The van der Waals surface area contributed by atoms with Crippen LogP contribution in [0.4, 0.5) is 18.0 Å². The van der Waals surface area contributed by atoms with Crippen LogP contribution >= 0.6 is 0 Å². The van der Waals surface area contributed by atoms with Gasteiger partial charge in [0.1, 0.15) is 5.56 Å². The number of carbonyl (C=O) groups excluding carboxylic acids is 2. The second-order valence-corrected chi connectivity index (χ2v) is 10.3. The average molecular weight is 567 g/mol. The molecule has 0 aliphatic rings. The second-order valence-electron chi connectivity index (χ2n) is 8.30. The minimum Gasteiger partial charge on any atom is -0.464 e. The predicted octanol–water partition coefficient (Wildman–Crippen LogP) is 2.49. The van der Waals surface area contributed by atoms with Gasteiger partial charge in [-0.15, -0.1) is 0 Å². The molecule has 11 nitrogen and oxygen atoms in total. The van der Waals surface area contributed by atoms with E-state index >= 15 is 0 Å². The van der Waals surface area contributed by atoms with E-state index in [1.165, 1.54) is 31.2 Å². The number of pyridine rings is 1. The Morgan fingerprint density at radius 1 is 1.05 bits per heavy atom. The summed E-state index contributed by atoms with van der Waals surface area (Å²) in [7, 11) is -3.46. The summed E-state index contributed by atoms with van der Waals surface area (Å²) in [6.07, 6.45) is -5.62. The molecule has 39 heavy (non-hydrogen) atoms. The summed E-state index contributed by atoms with van der Waals surface area (Å²) < 4.78 is 63.9. The fraction of sp³-hybridized carbons (Fsp3) is 0.167. The molecular formula is C24H21F3N4O7S. The van der Waals surface area contributed by atoms with Crippen molar-refractivity contribution in [3.63, 3.8) is 0 Å². The smallest absolute Gasteiger partial charge is 0.429 e. The number of imide groups is 1. The lowest BCUT2D eigenvalue weighted by molar-refractivity contribution is -0.137. The highest BCUT2D eigenvalue weighted by atomic mass is 32.2. The molecule has 0 atom stereocenters. The van der Waals surface area contributed by atoms with Gasteiger partial charge in [0.25, 0.3) is 17.4 Å². The Kier molecular flexibility index (Phi) is 7.98. The van der Waals surface area contributed by atoms with E-state index in [2.05, 4.69) is 5.32 Å². The van der Waals surface area contributed by atoms with Gasteiger partial charge in [0.15, 0.2) is 9.84 Å². The van der Waals surface area contributed by atoms with Gasteiger partial charge in [-0.3, -0.25) is 19.0 Å². The zero-order valence-corrected chi connectivity index (χ0v) is 21.1. The number of carbonyl (C=O) groups is 3. The van der Waals surface area contributed by atoms with E-state index < -0.39 is 56.2 Å². The number of amides is 3. The number of carboxylic acid groups (broad SMARTS) is 1. The van der Waals surface area contributed by atoms with Crippen molar-refractivity contribution in [3.8, 4) is 5.69 Å². The molecule has 0 aliphatic heterocycles. The fourth-order valence-electron chi connectivity index (χ4n) is 3.56. The van der Waals surface area contributed by atoms with Crippen LogP contribution < -0.4 is 16.7 Å². The number of nitrogens with zero attached hydrogens (tertiary/aromatic N) is 2. The fourth-order valence-corrected chi connectivity index (χ4v) is 4.19. The highest BCUT2D eigenvalue weighted by Gasteiger charge is 2.31. The molecule has 1 heterocycles. The van der Waals surface area contributed by atoms with Crippen molar-refractivity contribution in [1.29, 1.82) is 0 Å².